The fraction of sp³-hybridized carbons (Fsp3) is 0.538. The van der Waals surface area contributed by atoms with Gasteiger partial charge < -0.3 is 10.1 Å². The molecule has 0 heterocycles. The molecule has 0 saturated heterocycles. The highest BCUT2D eigenvalue weighted by atomic mass is 35.5. The number of hydrogen-bond donors (Lipinski definition) is 1. The minimum absolute atomic E-state index is 0.563. The molecule has 96 valence electrons. The van der Waals surface area contributed by atoms with Crippen LogP contribution in [0.15, 0.2) is 18.2 Å². The third-order valence-corrected chi connectivity index (χ3v) is 2.73. The largest absolute Gasteiger partial charge is 0.492 e. The summed E-state index contributed by atoms with van der Waals surface area (Å²) < 4.78 is 5.57. The van der Waals surface area contributed by atoms with E-state index in [-0.39, 0.29) is 0 Å². The van der Waals surface area contributed by atoms with E-state index in [4.69, 9.17) is 27.9 Å². The number of nitrogens with one attached hydrogen (secondary N) is 1. The van der Waals surface area contributed by atoms with E-state index in [1.54, 1.807) is 18.2 Å². The second-order valence-electron chi connectivity index (χ2n) is 4.37. The molecule has 0 saturated carbocycles. The Kier molecular flexibility index (Phi) is 6.71. The third-order valence-electron chi connectivity index (χ3n) is 2.20. The van der Waals surface area contributed by atoms with Crippen molar-refractivity contribution in [2.45, 2.75) is 20.3 Å². The summed E-state index contributed by atoms with van der Waals surface area (Å²) in [6.45, 7) is 7.05. The van der Waals surface area contributed by atoms with Crippen LogP contribution in [0.25, 0.3) is 0 Å². The first-order chi connectivity index (χ1) is 8.09. The Hall–Kier alpha value is -0.440. The summed E-state index contributed by atoms with van der Waals surface area (Å²) in [5.41, 5.74) is 0. The van der Waals surface area contributed by atoms with Gasteiger partial charge in [-0.05, 0) is 43.6 Å². The molecule has 2 nitrogen and oxygen atoms in total. The van der Waals surface area contributed by atoms with Crippen molar-refractivity contribution in [2.75, 3.05) is 19.7 Å². The summed E-state index contributed by atoms with van der Waals surface area (Å²) in [7, 11) is 0. The molecule has 17 heavy (non-hydrogen) atoms. The van der Waals surface area contributed by atoms with Crippen LogP contribution < -0.4 is 10.1 Å². The molecule has 0 bridgehead atoms. The number of ether oxygens (including phenoxy) is 1. The topological polar surface area (TPSA) is 21.3 Å². The van der Waals surface area contributed by atoms with Crippen LogP contribution in [0, 0.1) is 5.92 Å². The lowest BCUT2D eigenvalue weighted by atomic mass is 10.2. The van der Waals surface area contributed by atoms with Gasteiger partial charge in [0.15, 0.2) is 0 Å². The first-order valence-corrected chi connectivity index (χ1v) is 6.63. The van der Waals surface area contributed by atoms with Crippen molar-refractivity contribution in [1.82, 2.24) is 5.32 Å². The van der Waals surface area contributed by atoms with Gasteiger partial charge in [-0.15, -0.1) is 0 Å². The quantitative estimate of drug-likeness (QED) is 0.760. The van der Waals surface area contributed by atoms with Gasteiger partial charge in [0.25, 0.3) is 0 Å². The van der Waals surface area contributed by atoms with Crippen molar-refractivity contribution in [2.24, 2.45) is 5.92 Å². The van der Waals surface area contributed by atoms with Gasteiger partial charge in [0.1, 0.15) is 5.75 Å². The summed E-state index contributed by atoms with van der Waals surface area (Å²) in [4.78, 5) is 0. The van der Waals surface area contributed by atoms with Crippen LogP contribution in [-0.4, -0.2) is 19.7 Å². The van der Waals surface area contributed by atoms with Gasteiger partial charge in [-0.2, -0.15) is 0 Å². The van der Waals surface area contributed by atoms with Crippen LogP contribution in [0.4, 0.5) is 0 Å². The number of hydrogen-bond acceptors (Lipinski definition) is 2. The maximum atomic E-state index is 5.99. The lowest BCUT2D eigenvalue weighted by Gasteiger charge is -2.09. The highest BCUT2D eigenvalue weighted by molar-refractivity contribution is 6.35. The Morgan fingerprint density at radius 3 is 2.71 bits per heavy atom. The maximum Gasteiger partial charge on any atom is 0.137 e. The molecule has 0 aliphatic heterocycles. The van der Waals surface area contributed by atoms with Gasteiger partial charge in [-0.3, -0.25) is 0 Å². The Bertz CT molecular complexity index is 342. The summed E-state index contributed by atoms with van der Waals surface area (Å²) in [6.07, 6.45) is 0.964. The van der Waals surface area contributed by atoms with Gasteiger partial charge >= 0.3 is 0 Å². The predicted molar refractivity (Wildman–Crippen MR) is 74.3 cm³/mol. The summed E-state index contributed by atoms with van der Waals surface area (Å²) in [5, 5.41) is 4.55. The van der Waals surface area contributed by atoms with Crippen molar-refractivity contribution < 1.29 is 4.74 Å². The first kappa shape index (κ1) is 14.6. The SMILES string of the molecule is CC(C)CNCCCOc1ccc(Cl)cc1Cl. The first-order valence-electron chi connectivity index (χ1n) is 5.88. The van der Waals surface area contributed by atoms with E-state index in [2.05, 4.69) is 19.2 Å². The zero-order valence-electron chi connectivity index (χ0n) is 10.3. The van der Waals surface area contributed by atoms with Crippen LogP contribution in [0.2, 0.25) is 10.0 Å². The molecule has 0 aliphatic rings. The van der Waals surface area contributed by atoms with Gasteiger partial charge in [0, 0.05) is 5.02 Å². The average Bonchev–Trinajstić information content (AvgIpc) is 2.25. The lowest BCUT2D eigenvalue weighted by molar-refractivity contribution is 0.307. The van der Waals surface area contributed by atoms with Crippen LogP contribution >= 0.6 is 23.2 Å². The zero-order chi connectivity index (χ0) is 12.7. The highest BCUT2D eigenvalue weighted by Crippen LogP contribution is 2.27. The van der Waals surface area contributed by atoms with Gasteiger partial charge in [0.05, 0.1) is 11.6 Å². The minimum atomic E-state index is 0.563. The Morgan fingerprint density at radius 2 is 2.06 bits per heavy atom. The van der Waals surface area contributed by atoms with E-state index in [1.807, 2.05) is 0 Å². The van der Waals surface area contributed by atoms with Crippen molar-refractivity contribution in [3.63, 3.8) is 0 Å². The molecule has 1 N–H and O–H groups in total. The summed E-state index contributed by atoms with van der Waals surface area (Å²) >= 11 is 11.8. The molecule has 1 aromatic rings. The molecule has 4 heteroatoms. The number of rotatable bonds is 7. The maximum absolute atomic E-state index is 5.99. The molecule has 0 unspecified atom stereocenters. The monoisotopic (exact) mass is 275 g/mol. The smallest absolute Gasteiger partial charge is 0.137 e. The molecule has 0 spiro atoms. The Balaban J connectivity index is 2.18. The molecule has 0 aromatic heterocycles. The average molecular weight is 276 g/mol. The summed E-state index contributed by atoms with van der Waals surface area (Å²) in [6, 6.07) is 5.27. The van der Waals surface area contributed by atoms with E-state index in [1.165, 1.54) is 0 Å². The van der Waals surface area contributed by atoms with Crippen molar-refractivity contribution >= 4 is 23.2 Å². The van der Waals surface area contributed by atoms with E-state index in [0.717, 1.165) is 19.5 Å². The Labute approximate surface area is 113 Å². The predicted octanol–water partition coefficient (Wildman–Crippen LogP) is 4.01. The molecule has 0 radical (unpaired) electrons. The van der Waals surface area contributed by atoms with Crippen molar-refractivity contribution in [3.05, 3.63) is 28.2 Å². The highest BCUT2D eigenvalue weighted by Gasteiger charge is 2.01. The molecule has 0 amide bonds. The van der Waals surface area contributed by atoms with Crippen molar-refractivity contribution in [1.29, 1.82) is 0 Å². The van der Waals surface area contributed by atoms with Crippen molar-refractivity contribution in [3.8, 4) is 5.75 Å². The van der Waals surface area contributed by atoms with Gasteiger partial charge in [-0.25, -0.2) is 0 Å². The fourth-order valence-electron chi connectivity index (χ4n) is 1.36. The minimum Gasteiger partial charge on any atom is -0.492 e. The van der Waals surface area contributed by atoms with Crippen LogP contribution in [-0.2, 0) is 0 Å². The molecule has 0 aliphatic carbocycles. The molecule has 0 fully saturated rings. The summed E-state index contributed by atoms with van der Waals surface area (Å²) in [5.74, 6) is 1.38. The van der Waals surface area contributed by atoms with Gasteiger partial charge in [0.2, 0.25) is 0 Å². The van der Waals surface area contributed by atoms with Crippen LogP contribution in [0.1, 0.15) is 20.3 Å². The molecular weight excluding hydrogens is 257 g/mol. The second-order valence-corrected chi connectivity index (χ2v) is 5.22. The van der Waals surface area contributed by atoms with Crippen LogP contribution in [0.5, 0.6) is 5.75 Å². The van der Waals surface area contributed by atoms with E-state index < -0.39 is 0 Å². The van der Waals surface area contributed by atoms with E-state index >= 15 is 0 Å². The Morgan fingerprint density at radius 1 is 1.29 bits per heavy atom. The molecule has 1 aromatic carbocycles. The second kappa shape index (κ2) is 7.80. The number of benzene rings is 1. The lowest BCUT2D eigenvalue weighted by Crippen LogP contribution is -2.22. The molecule has 0 atom stereocenters. The zero-order valence-corrected chi connectivity index (χ0v) is 11.8. The normalized spacial score (nSPS) is 10.9. The standard InChI is InChI=1S/C13H19Cl2NO/c1-10(2)9-16-6-3-7-17-13-5-4-11(14)8-12(13)15/h4-5,8,10,16H,3,6-7,9H2,1-2H3. The molecular formula is C13H19Cl2NO. The molecule has 1 rings (SSSR count). The number of halogens is 2. The fourth-order valence-corrected chi connectivity index (χ4v) is 1.83. The van der Waals surface area contributed by atoms with Gasteiger partial charge in [-0.1, -0.05) is 37.0 Å². The van der Waals surface area contributed by atoms with E-state index in [0.29, 0.717) is 28.3 Å². The third kappa shape index (κ3) is 6.16. The van der Waals surface area contributed by atoms with Crippen LogP contribution in [0.3, 0.4) is 0 Å². The van der Waals surface area contributed by atoms with E-state index in [9.17, 15) is 0 Å².